The van der Waals surface area contributed by atoms with Crippen molar-refractivity contribution in [2.45, 2.75) is 19.9 Å². The van der Waals surface area contributed by atoms with Crippen molar-refractivity contribution in [2.75, 3.05) is 20.7 Å². The molecule has 1 aromatic rings. The summed E-state index contributed by atoms with van der Waals surface area (Å²) in [6.45, 7) is 4.51. The van der Waals surface area contributed by atoms with Crippen LogP contribution in [-0.4, -0.2) is 35.7 Å². The van der Waals surface area contributed by atoms with Crippen LogP contribution < -0.4 is 0 Å². The SMILES string of the molecule is CC(C)C(CO)C(c1ccncc1)N(C)C. The Morgan fingerprint density at radius 3 is 2.19 bits per heavy atom. The van der Waals surface area contributed by atoms with Gasteiger partial charge >= 0.3 is 0 Å². The van der Waals surface area contributed by atoms with Crippen LogP contribution in [-0.2, 0) is 0 Å². The van der Waals surface area contributed by atoms with Gasteiger partial charge in [-0.05, 0) is 37.7 Å². The Morgan fingerprint density at radius 2 is 1.81 bits per heavy atom. The molecule has 0 amide bonds. The monoisotopic (exact) mass is 222 g/mol. The van der Waals surface area contributed by atoms with Gasteiger partial charge in [0.1, 0.15) is 0 Å². The number of pyridine rings is 1. The molecule has 0 bridgehead atoms. The highest BCUT2D eigenvalue weighted by atomic mass is 16.3. The van der Waals surface area contributed by atoms with Crippen LogP contribution in [0, 0.1) is 11.8 Å². The van der Waals surface area contributed by atoms with E-state index in [-0.39, 0.29) is 18.6 Å². The van der Waals surface area contributed by atoms with Gasteiger partial charge in [0.05, 0.1) is 0 Å². The van der Waals surface area contributed by atoms with E-state index in [1.54, 1.807) is 12.4 Å². The minimum absolute atomic E-state index is 0.211. The standard InChI is InChI=1S/C13H22N2O/c1-10(2)12(9-16)13(15(3)4)11-5-7-14-8-6-11/h5-8,10,12-13,16H,9H2,1-4H3. The van der Waals surface area contributed by atoms with Crippen molar-refractivity contribution >= 4 is 0 Å². The van der Waals surface area contributed by atoms with Gasteiger partial charge in [0.15, 0.2) is 0 Å². The number of rotatable bonds is 5. The molecule has 3 heteroatoms. The Hall–Kier alpha value is -0.930. The van der Waals surface area contributed by atoms with Gasteiger partial charge in [0.25, 0.3) is 0 Å². The highest BCUT2D eigenvalue weighted by Crippen LogP contribution is 2.31. The molecule has 1 heterocycles. The molecule has 2 unspecified atom stereocenters. The zero-order chi connectivity index (χ0) is 12.1. The zero-order valence-electron chi connectivity index (χ0n) is 10.6. The lowest BCUT2D eigenvalue weighted by Crippen LogP contribution is -2.32. The molecular formula is C13H22N2O. The molecule has 1 N–H and O–H groups in total. The van der Waals surface area contributed by atoms with Crippen molar-refractivity contribution in [1.29, 1.82) is 0 Å². The Kier molecular flexibility index (Phi) is 4.90. The second-order valence-electron chi connectivity index (χ2n) is 4.78. The third-order valence-electron chi connectivity index (χ3n) is 3.08. The van der Waals surface area contributed by atoms with Gasteiger partial charge in [0, 0.05) is 31.0 Å². The van der Waals surface area contributed by atoms with E-state index in [0.717, 1.165) is 0 Å². The van der Waals surface area contributed by atoms with Crippen LogP contribution in [0.25, 0.3) is 0 Å². The van der Waals surface area contributed by atoms with Gasteiger partial charge in [-0.3, -0.25) is 4.98 Å². The number of hydrogen-bond donors (Lipinski definition) is 1. The molecular weight excluding hydrogens is 200 g/mol. The molecule has 0 aliphatic rings. The first-order valence-electron chi connectivity index (χ1n) is 5.75. The summed E-state index contributed by atoms with van der Waals surface area (Å²) in [6, 6.07) is 4.29. The van der Waals surface area contributed by atoms with E-state index >= 15 is 0 Å². The van der Waals surface area contributed by atoms with Crippen LogP contribution in [0.5, 0.6) is 0 Å². The number of aromatic nitrogens is 1. The lowest BCUT2D eigenvalue weighted by atomic mass is 9.85. The van der Waals surface area contributed by atoms with Gasteiger partial charge in [-0.2, -0.15) is 0 Å². The van der Waals surface area contributed by atoms with Crippen molar-refractivity contribution < 1.29 is 5.11 Å². The van der Waals surface area contributed by atoms with Gasteiger partial charge in [-0.1, -0.05) is 13.8 Å². The van der Waals surface area contributed by atoms with Crippen LogP contribution in [0.2, 0.25) is 0 Å². The Morgan fingerprint density at radius 1 is 1.25 bits per heavy atom. The van der Waals surface area contributed by atoms with Crippen LogP contribution in [0.3, 0.4) is 0 Å². The summed E-state index contributed by atoms with van der Waals surface area (Å²) in [7, 11) is 4.10. The normalized spacial score (nSPS) is 15.4. The molecule has 3 nitrogen and oxygen atoms in total. The largest absolute Gasteiger partial charge is 0.396 e. The third-order valence-corrected chi connectivity index (χ3v) is 3.08. The smallest absolute Gasteiger partial charge is 0.0480 e. The molecule has 0 aromatic carbocycles. The third kappa shape index (κ3) is 3.03. The van der Waals surface area contributed by atoms with Crippen molar-refractivity contribution in [3.8, 4) is 0 Å². The van der Waals surface area contributed by atoms with E-state index in [9.17, 15) is 5.11 Å². The average molecular weight is 222 g/mol. The molecule has 0 radical (unpaired) electrons. The number of aliphatic hydroxyl groups is 1. The summed E-state index contributed by atoms with van der Waals surface area (Å²) in [5, 5.41) is 9.53. The van der Waals surface area contributed by atoms with Crippen LogP contribution in [0.1, 0.15) is 25.5 Å². The second kappa shape index (κ2) is 5.97. The molecule has 0 spiro atoms. The lowest BCUT2D eigenvalue weighted by molar-refractivity contribution is 0.100. The first-order valence-corrected chi connectivity index (χ1v) is 5.75. The fourth-order valence-corrected chi connectivity index (χ4v) is 2.16. The highest BCUT2D eigenvalue weighted by molar-refractivity contribution is 5.16. The summed E-state index contributed by atoms with van der Waals surface area (Å²) < 4.78 is 0. The predicted molar refractivity (Wildman–Crippen MR) is 66.1 cm³/mol. The van der Waals surface area contributed by atoms with Crippen LogP contribution in [0.15, 0.2) is 24.5 Å². The van der Waals surface area contributed by atoms with E-state index < -0.39 is 0 Å². The lowest BCUT2D eigenvalue weighted by Gasteiger charge is -2.34. The van der Waals surface area contributed by atoms with Gasteiger partial charge < -0.3 is 10.0 Å². The molecule has 1 rings (SSSR count). The number of hydrogen-bond acceptors (Lipinski definition) is 3. The van der Waals surface area contributed by atoms with E-state index in [4.69, 9.17) is 0 Å². The van der Waals surface area contributed by atoms with Gasteiger partial charge in [-0.15, -0.1) is 0 Å². The minimum Gasteiger partial charge on any atom is -0.396 e. The topological polar surface area (TPSA) is 36.4 Å². The molecule has 0 saturated heterocycles. The summed E-state index contributed by atoms with van der Waals surface area (Å²) in [5.74, 6) is 0.697. The predicted octanol–water partition coefficient (Wildman–Crippen LogP) is 1.95. The average Bonchev–Trinajstić information content (AvgIpc) is 2.25. The first kappa shape index (κ1) is 13.1. The molecule has 0 saturated carbocycles. The summed E-state index contributed by atoms with van der Waals surface area (Å²) >= 11 is 0. The maximum atomic E-state index is 9.53. The van der Waals surface area contributed by atoms with Crippen LogP contribution in [0.4, 0.5) is 0 Å². The molecule has 0 aliphatic carbocycles. The maximum absolute atomic E-state index is 9.53. The number of nitrogens with zero attached hydrogens (tertiary/aromatic N) is 2. The molecule has 90 valence electrons. The Balaban J connectivity index is 2.99. The summed E-state index contributed by atoms with van der Waals surface area (Å²) in [4.78, 5) is 6.20. The number of aliphatic hydroxyl groups excluding tert-OH is 1. The van der Waals surface area contributed by atoms with E-state index in [2.05, 4.69) is 37.8 Å². The fraction of sp³-hybridized carbons (Fsp3) is 0.615. The van der Waals surface area contributed by atoms with E-state index in [1.165, 1.54) is 5.56 Å². The summed E-state index contributed by atoms with van der Waals surface area (Å²) in [5.41, 5.74) is 1.22. The minimum atomic E-state index is 0.211. The fourth-order valence-electron chi connectivity index (χ4n) is 2.16. The van der Waals surface area contributed by atoms with Crippen molar-refractivity contribution in [1.82, 2.24) is 9.88 Å². The van der Waals surface area contributed by atoms with Crippen LogP contribution >= 0.6 is 0 Å². The molecule has 0 fully saturated rings. The molecule has 0 aliphatic heterocycles. The highest BCUT2D eigenvalue weighted by Gasteiger charge is 2.26. The quantitative estimate of drug-likeness (QED) is 0.827. The van der Waals surface area contributed by atoms with E-state index in [0.29, 0.717) is 5.92 Å². The molecule has 16 heavy (non-hydrogen) atoms. The second-order valence-corrected chi connectivity index (χ2v) is 4.78. The van der Waals surface area contributed by atoms with Crippen molar-refractivity contribution in [3.05, 3.63) is 30.1 Å². The van der Waals surface area contributed by atoms with Crippen molar-refractivity contribution in [3.63, 3.8) is 0 Å². The first-order chi connectivity index (χ1) is 7.57. The van der Waals surface area contributed by atoms with Gasteiger partial charge in [0.2, 0.25) is 0 Å². The van der Waals surface area contributed by atoms with Crippen molar-refractivity contribution in [2.24, 2.45) is 11.8 Å². The summed E-state index contributed by atoms with van der Waals surface area (Å²) in [6.07, 6.45) is 3.61. The van der Waals surface area contributed by atoms with E-state index in [1.807, 2.05) is 12.1 Å². The Labute approximate surface area is 98.1 Å². The van der Waals surface area contributed by atoms with Gasteiger partial charge in [-0.25, -0.2) is 0 Å². The molecule has 1 aromatic heterocycles. The maximum Gasteiger partial charge on any atom is 0.0480 e. The Bertz CT molecular complexity index is 298. The molecule has 2 atom stereocenters. The zero-order valence-corrected chi connectivity index (χ0v) is 10.6.